The Balaban J connectivity index is 0.949. The predicted molar refractivity (Wildman–Crippen MR) is 232 cm³/mol. The van der Waals surface area contributed by atoms with Gasteiger partial charge in [-0.15, -0.1) is 0 Å². The van der Waals surface area contributed by atoms with Crippen molar-refractivity contribution in [3.05, 3.63) is 66.5 Å². The van der Waals surface area contributed by atoms with E-state index in [0.717, 1.165) is 94.2 Å². The molecule has 3 aromatic heterocycles. The summed E-state index contributed by atoms with van der Waals surface area (Å²) >= 11 is 0. The molecule has 62 heavy (non-hydrogen) atoms. The summed E-state index contributed by atoms with van der Waals surface area (Å²) in [7, 11) is 2.63. The van der Waals surface area contributed by atoms with Gasteiger partial charge >= 0.3 is 12.2 Å². The Hall–Kier alpha value is -5.87. The minimum Gasteiger partial charge on any atom is -0.470 e. The van der Waals surface area contributed by atoms with Gasteiger partial charge in [0.1, 0.15) is 29.7 Å². The van der Waals surface area contributed by atoms with Crippen LogP contribution in [0, 0.1) is 17.8 Å². The number of carbonyl (C=O) groups is 3. The average Bonchev–Trinajstić information content (AvgIpc) is 4.12. The maximum atomic E-state index is 13.7. The summed E-state index contributed by atoms with van der Waals surface area (Å²) in [6.07, 6.45) is 5.99. The van der Waals surface area contributed by atoms with Crippen LogP contribution in [0.3, 0.4) is 0 Å². The van der Waals surface area contributed by atoms with Crippen molar-refractivity contribution in [1.82, 2.24) is 44.9 Å². The lowest BCUT2D eigenvalue weighted by Crippen LogP contribution is -2.56. The number of hydrogen-bond donors (Lipinski definition) is 5. The summed E-state index contributed by atoms with van der Waals surface area (Å²) in [5.41, 5.74) is 6.73. The first-order valence-corrected chi connectivity index (χ1v) is 21.9. The van der Waals surface area contributed by atoms with Crippen molar-refractivity contribution in [2.45, 2.75) is 109 Å². The molecule has 1 aliphatic carbocycles. The van der Waals surface area contributed by atoms with Crippen LogP contribution in [0.25, 0.3) is 44.7 Å². The van der Waals surface area contributed by atoms with E-state index in [1.54, 1.807) is 0 Å². The maximum Gasteiger partial charge on any atom is 0.407 e. The number of aliphatic hydroxyl groups is 1. The molecule has 16 nitrogen and oxygen atoms in total. The molecule has 5 aromatic rings. The van der Waals surface area contributed by atoms with E-state index < -0.39 is 30.5 Å². The zero-order chi connectivity index (χ0) is 43.6. The minimum atomic E-state index is -0.900. The highest BCUT2D eigenvalue weighted by molar-refractivity contribution is 5.92. The molecule has 0 spiro atoms. The average molecular weight is 848 g/mol. The molecule has 3 aliphatic heterocycles. The van der Waals surface area contributed by atoms with Crippen molar-refractivity contribution in [1.29, 1.82) is 0 Å². The van der Waals surface area contributed by atoms with E-state index in [0.29, 0.717) is 12.5 Å². The third-order valence-corrected chi connectivity index (χ3v) is 13.5. The molecule has 2 bridgehead atoms. The zero-order valence-electron chi connectivity index (χ0n) is 36.3. The molecule has 4 aliphatic rings. The maximum absolute atomic E-state index is 13.7. The lowest BCUT2D eigenvalue weighted by atomic mass is 9.95. The largest absolute Gasteiger partial charge is 0.470 e. The SMILES string of the molecule is COC(=O)NC(C(=O)N1CCCC1c1ncc(-c2ccc3c(c2)cc2n3C(C)Oc3cc(-c4cnc(C5C6CCC(C6)N5C(O)C(NC(=O)OC)C(C)C)[nH]4)ccc3-2)[nH]1)C(C)C. The minimum absolute atomic E-state index is 0.0178. The fourth-order valence-electron chi connectivity index (χ4n) is 10.4. The fraction of sp³-hybridized carbons (Fsp3) is 0.500. The highest BCUT2D eigenvalue weighted by Gasteiger charge is 2.52. The molecule has 9 rings (SSSR count). The van der Waals surface area contributed by atoms with E-state index in [1.165, 1.54) is 14.2 Å². The van der Waals surface area contributed by atoms with Crippen LogP contribution in [0.5, 0.6) is 5.75 Å². The number of aromatic amines is 2. The van der Waals surface area contributed by atoms with Gasteiger partial charge in [0.15, 0.2) is 6.23 Å². The first-order chi connectivity index (χ1) is 29.8. The van der Waals surface area contributed by atoms with E-state index in [-0.39, 0.29) is 42.1 Å². The highest BCUT2D eigenvalue weighted by atomic mass is 16.5. The molecule has 3 fully saturated rings. The van der Waals surface area contributed by atoms with E-state index in [2.05, 4.69) is 79.5 Å². The predicted octanol–water partition coefficient (Wildman–Crippen LogP) is 7.27. The van der Waals surface area contributed by atoms with Crippen molar-refractivity contribution in [3.8, 4) is 39.5 Å². The van der Waals surface area contributed by atoms with Crippen molar-refractivity contribution in [2.75, 3.05) is 20.8 Å². The number of amides is 3. The summed E-state index contributed by atoms with van der Waals surface area (Å²) < 4.78 is 18.5. The van der Waals surface area contributed by atoms with Crippen LogP contribution >= 0.6 is 0 Å². The fourth-order valence-corrected chi connectivity index (χ4v) is 10.4. The van der Waals surface area contributed by atoms with Crippen molar-refractivity contribution in [3.63, 3.8) is 0 Å². The lowest BCUT2D eigenvalue weighted by Gasteiger charge is -2.41. The number of aliphatic hydroxyl groups excluding tert-OH is 1. The van der Waals surface area contributed by atoms with Crippen LogP contribution in [0.2, 0.25) is 0 Å². The highest BCUT2D eigenvalue weighted by Crippen LogP contribution is 2.51. The van der Waals surface area contributed by atoms with Gasteiger partial charge in [-0.2, -0.15) is 0 Å². The van der Waals surface area contributed by atoms with Crippen LogP contribution < -0.4 is 15.4 Å². The third-order valence-electron chi connectivity index (χ3n) is 13.5. The van der Waals surface area contributed by atoms with Crippen molar-refractivity contribution < 1.29 is 33.7 Å². The Morgan fingerprint density at radius 1 is 0.871 bits per heavy atom. The molecule has 328 valence electrons. The van der Waals surface area contributed by atoms with Gasteiger partial charge < -0.3 is 49.4 Å². The van der Waals surface area contributed by atoms with Crippen LogP contribution in [-0.4, -0.2) is 103 Å². The number of carbonyl (C=O) groups excluding carboxylic acids is 3. The smallest absolute Gasteiger partial charge is 0.407 e. The number of piperidine rings is 1. The van der Waals surface area contributed by atoms with Gasteiger partial charge in [-0.05, 0) is 87.1 Å². The van der Waals surface area contributed by atoms with Gasteiger partial charge in [-0.25, -0.2) is 19.6 Å². The normalized spacial score (nSPS) is 23.3. The molecule has 2 saturated heterocycles. The Morgan fingerprint density at radius 2 is 1.56 bits per heavy atom. The van der Waals surface area contributed by atoms with Gasteiger partial charge in [-0.1, -0.05) is 39.8 Å². The lowest BCUT2D eigenvalue weighted by molar-refractivity contribution is -0.135. The molecule has 1 saturated carbocycles. The molecule has 6 heterocycles. The molecule has 8 atom stereocenters. The number of H-pyrrole nitrogens is 2. The number of fused-ring (bicyclic) bond motifs is 7. The second-order valence-corrected chi connectivity index (χ2v) is 18.0. The number of likely N-dealkylation sites (tertiary alicyclic amines) is 2. The van der Waals surface area contributed by atoms with Gasteiger partial charge in [0, 0.05) is 34.7 Å². The van der Waals surface area contributed by atoms with Gasteiger partial charge in [0.05, 0.1) is 67.3 Å². The number of nitrogens with zero attached hydrogens (tertiary/aromatic N) is 5. The first-order valence-electron chi connectivity index (χ1n) is 21.9. The van der Waals surface area contributed by atoms with E-state index >= 15 is 0 Å². The number of hydrogen-bond acceptors (Lipinski definition) is 10. The number of benzene rings is 2. The van der Waals surface area contributed by atoms with E-state index in [1.807, 2.05) is 45.0 Å². The van der Waals surface area contributed by atoms with Crippen molar-refractivity contribution >= 4 is 29.0 Å². The van der Waals surface area contributed by atoms with E-state index in [9.17, 15) is 19.5 Å². The topological polar surface area (TPSA) is 192 Å². The van der Waals surface area contributed by atoms with Crippen LogP contribution in [0.1, 0.15) is 96.7 Å². The van der Waals surface area contributed by atoms with Crippen LogP contribution in [0.15, 0.2) is 54.9 Å². The Labute approximate surface area is 360 Å². The molecule has 0 radical (unpaired) electrons. The quantitative estimate of drug-likeness (QED) is 0.0904. The Bertz CT molecular complexity index is 2490. The molecule has 16 heteroatoms. The first kappa shape index (κ1) is 41.5. The summed E-state index contributed by atoms with van der Waals surface area (Å²) in [5, 5.41) is 18.4. The van der Waals surface area contributed by atoms with E-state index in [4.69, 9.17) is 24.2 Å². The number of alkyl carbamates (subject to hydrolysis) is 2. The number of ether oxygens (including phenoxy) is 3. The number of aromatic nitrogens is 5. The summed E-state index contributed by atoms with van der Waals surface area (Å²) in [6, 6.07) is 13.5. The number of methoxy groups -OCH3 is 2. The van der Waals surface area contributed by atoms with Crippen LogP contribution in [0.4, 0.5) is 9.59 Å². The third kappa shape index (κ3) is 7.25. The number of imidazole rings is 2. The second-order valence-electron chi connectivity index (χ2n) is 18.0. The monoisotopic (exact) mass is 847 g/mol. The Morgan fingerprint density at radius 3 is 2.29 bits per heavy atom. The van der Waals surface area contributed by atoms with Gasteiger partial charge in [0.2, 0.25) is 5.91 Å². The van der Waals surface area contributed by atoms with Gasteiger partial charge in [-0.3, -0.25) is 9.69 Å². The summed E-state index contributed by atoms with van der Waals surface area (Å²) in [5.74, 6) is 2.38. The van der Waals surface area contributed by atoms with Gasteiger partial charge in [0.25, 0.3) is 0 Å². The standard InChI is InChI=1S/C46H57N9O7/c1-23(2)38(51-45(58)60-6)43(56)53-16-8-9-35(53)41-47-21-32(49-41)26-12-15-34-29(17-26)19-36-31-14-11-27(20-37(31)62-25(5)54(34)36)33-22-48-42(50-33)40-28-10-13-30(18-28)55(40)44(57)39(24(3)4)52-46(59)61-7/h11-12,14-15,17,19-25,28,30,35,38-40,44,57H,8-10,13,16,18H2,1-7H3,(H,47,49)(H,48,50)(H,51,58)(H,52,59). The summed E-state index contributed by atoms with van der Waals surface area (Å²) in [6.45, 7) is 10.4. The molecule has 3 amide bonds. The second kappa shape index (κ2) is 16.4. The zero-order valence-corrected chi connectivity index (χ0v) is 36.3. The van der Waals surface area contributed by atoms with Crippen molar-refractivity contribution in [2.24, 2.45) is 17.8 Å². The number of rotatable bonds is 11. The molecular weight excluding hydrogens is 791 g/mol. The van der Waals surface area contributed by atoms with Crippen LogP contribution in [-0.2, 0) is 14.3 Å². The summed E-state index contributed by atoms with van der Waals surface area (Å²) in [4.78, 5) is 58.7. The molecular formula is C46H57N9O7. The number of nitrogens with one attached hydrogen (secondary N) is 4. The molecule has 8 unspecified atom stereocenters. The molecule has 2 aromatic carbocycles. The molecule has 5 N–H and O–H groups in total. The Kier molecular flexibility index (Phi) is 11.0.